The first kappa shape index (κ1) is 15.2. The third kappa shape index (κ3) is 4.39. The number of hydrogen-bond acceptors (Lipinski definition) is 3. The Balaban J connectivity index is 2.77. The lowest BCUT2D eigenvalue weighted by Crippen LogP contribution is -2.21. The summed E-state index contributed by atoms with van der Waals surface area (Å²) in [6.45, 7) is 6.07. The molecule has 0 heterocycles. The maximum atomic E-state index is 12.0. The largest absolute Gasteiger partial charge is 0.462 e. The summed E-state index contributed by atoms with van der Waals surface area (Å²) in [7, 11) is 0. The van der Waals surface area contributed by atoms with Crippen molar-refractivity contribution in [2.24, 2.45) is 5.92 Å². The molecule has 1 rings (SSSR count). The number of hydrogen-bond donors (Lipinski definition) is 1. The van der Waals surface area contributed by atoms with Crippen LogP contribution in [0.3, 0.4) is 0 Å². The number of ether oxygens (including phenoxy) is 1. The molecule has 0 fully saturated rings. The van der Waals surface area contributed by atoms with Crippen LogP contribution in [0.1, 0.15) is 44.0 Å². The van der Waals surface area contributed by atoms with E-state index in [0.717, 1.165) is 12.8 Å². The molecule has 4 nitrogen and oxygen atoms in total. The van der Waals surface area contributed by atoms with Crippen LogP contribution in [0.2, 0.25) is 0 Å². The average Bonchev–Trinajstić information content (AvgIpc) is 2.40. The zero-order chi connectivity index (χ0) is 14.3. The molecule has 0 saturated carbocycles. The van der Waals surface area contributed by atoms with E-state index >= 15 is 0 Å². The number of carbonyl (C=O) groups is 2. The van der Waals surface area contributed by atoms with Crippen molar-refractivity contribution in [3.05, 3.63) is 29.8 Å². The second kappa shape index (κ2) is 7.56. The van der Waals surface area contributed by atoms with Crippen LogP contribution in [0.15, 0.2) is 24.3 Å². The first-order chi connectivity index (χ1) is 9.12. The van der Waals surface area contributed by atoms with Gasteiger partial charge < -0.3 is 10.1 Å². The summed E-state index contributed by atoms with van der Waals surface area (Å²) < 4.78 is 4.93. The molecule has 0 saturated heterocycles. The van der Waals surface area contributed by atoms with Crippen LogP contribution in [0, 0.1) is 5.92 Å². The van der Waals surface area contributed by atoms with Gasteiger partial charge in [-0.05, 0) is 38.0 Å². The summed E-state index contributed by atoms with van der Waals surface area (Å²) in [6.07, 6.45) is 1.61. The Kier molecular flexibility index (Phi) is 6.06. The van der Waals surface area contributed by atoms with Gasteiger partial charge in [-0.15, -0.1) is 0 Å². The molecule has 1 aromatic rings. The molecule has 0 atom stereocenters. The number of rotatable bonds is 6. The van der Waals surface area contributed by atoms with Crippen molar-refractivity contribution in [2.45, 2.75) is 33.6 Å². The van der Waals surface area contributed by atoms with Crippen molar-refractivity contribution in [2.75, 3.05) is 11.9 Å². The van der Waals surface area contributed by atoms with Crippen LogP contribution in [-0.4, -0.2) is 18.5 Å². The third-order valence-corrected chi connectivity index (χ3v) is 3.00. The number of anilines is 1. The molecule has 1 amide bonds. The van der Waals surface area contributed by atoms with Crippen molar-refractivity contribution < 1.29 is 14.3 Å². The van der Waals surface area contributed by atoms with E-state index in [1.165, 1.54) is 0 Å². The zero-order valence-corrected chi connectivity index (χ0v) is 11.7. The predicted octanol–water partition coefficient (Wildman–Crippen LogP) is 3.24. The van der Waals surface area contributed by atoms with Crippen LogP contribution in [0.4, 0.5) is 5.69 Å². The van der Waals surface area contributed by atoms with E-state index in [2.05, 4.69) is 5.32 Å². The van der Waals surface area contributed by atoms with Crippen molar-refractivity contribution >= 4 is 17.6 Å². The summed E-state index contributed by atoms with van der Waals surface area (Å²) in [4.78, 5) is 23.5. The highest BCUT2D eigenvalue weighted by atomic mass is 16.5. The number of esters is 1. The van der Waals surface area contributed by atoms with Crippen molar-refractivity contribution in [1.82, 2.24) is 0 Å². The summed E-state index contributed by atoms with van der Waals surface area (Å²) in [5.41, 5.74) is 1.08. The van der Waals surface area contributed by atoms with Gasteiger partial charge in [0.25, 0.3) is 0 Å². The molecule has 0 aromatic heterocycles. The lowest BCUT2D eigenvalue weighted by Gasteiger charge is -2.13. The molecular formula is C15H21NO3. The molecule has 1 aromatic carbocycles. The molecule has 0 unspecified atom stereocenters. The Morgan fingerprint density at radius 1 is 1.21 bits per heavy atom. The van der Waals surface area contributed by atoms with Gasteiger partial charge in [0.05, 0.1) is 12.2 Å². The van der Waals surface area contributed by atoms with Gasteiger partial charge in [-0.1, -0.05) is 19.9 Å². The van der Waals surface area contributed by atoms with Gasteiger partial charge >= 0.3 is 5.97 Å². The van der Waals surface area contributed by atoms with Crippen LogP contribution in [-0.2, 0) is 9.53 Å². The first-order valence-electron chi connectivity index (χ1n) is 6.70. The monoisotopic (exact) mass is 263 g/mol. The Bertz CT molecular complexity index is 439. The van der Waals surface area contributed by atoms with E-state index in [1.54, 1.807) is 31.2 Å². The molecule has 1 N–H and O–H groups in total. The maximum Gasteiger partial charge on any atom is 0.338 e. The van der Waals surface area contributed by atoms with E-state index < -0.39 is 0 Å². The zero-order valence-electron chi connectivity index (χ0n) is 11.7. The van der Waals surface area contributed by atoms with E-state index in [1.807, 2.05) is 13.8 Å². The molecule has 104 valence electrons. The molecule has 0 spiro atoms. The maximum absolute atomic E-state index is 12.0. The Labute approximate surface area is 114 Å². The minimum absolute atomic E-state index is 0.00579. The molecule has 4 heteroatoms. The van der Waals surface area contributed by atoms with E-state index in [4.69, 9.17) is 4.74 Å². The van der Waals surface area contributed by atoms with Gasteiger partial charge in [-0.3, -0.25) is 4.79 Å². The molecule has 0 aliphatic carbocycles. The highest BCUT2D eigenvalue weighted by molar-refractivity contribution is 5.95. The van der Waals surface area contributed by atoms with E-state index in [0.29, 0.717) is 17.9 Å². The van der Waals surface area contributed by atoms with Crippen LogP contribution in [0.25, 0.3) is 0 Å². The highest BCUT2D eigenvalue weighted by Crippen LogP contribution is 2.15. The summed E-state index contributed by atoms with van der Waals surface area (Å²) in [5, 5.41) is 2.83. The fourth-order valence-electron chi connectivity index (χ4n) is 1.84. The van der Waals surface area contributed by atoms with Gasteiger partial charge in [0, 0.05) is 11.6 Å². The van der Waals surface area contributed by atoms with Crippen LogP contribution >= 0.6 is 0 Å². The second-order valence-corrected chi connectivity index (χ2v) is 4.30. The molecule has 0 aliphatic heterocycles. The molecule has 0 radical (unpaired) electrons. The average molecular weight is 263 g/mol. The number of carbonyl (C=O) groups excluding carboxylic acids is 2. The molecule has 0 bridgehead atoms. The number of amides is 1. The van der Waals surface area contributed by atoms with Gasteiger partial charge in [-0.25, -0.2) is 4.79 Å². The van der Waals surface area contributed by atoms with Gasteiger partial charge in [0.2, 0.25) is 5.91 Å². The SMILES string of the molecule is CCOC(=O)c1cccc(NC(=O)C(CC)CC)c1. The molecule has 19 heavy (non-hydrogen) atoms. The lowest BCUT2D eigenvalue weighted by atomic mass is 10.0. The lowest BCUT2D eigenvalue weighted by molar-refractivity contribution is -0.120. The minimum atomic E-state index is -0.374. The van der Waals surface area contributed by atoms with Crippen LogP contribution in [0.5, 0.6) is 0 Å². The predicted molar refractivity (Wildman–Crippen MR) is 75.1 cm³/mol. The number of benzene rings is 1. The standard InChI is InChI=1S/C15H21NO3/c1-4-11(5-2)14(17)16-13-9-7-8-12(10-13)15(18)19-6-3/h7-11H,4-6H2,1-3H3,(H,16,17). The first-order valence-corrected chi connectivity index (χ1v) is 6.70. The summed E-state index contributed by atoms with van der Waals surface area (Å²) in [6, 6.07) is 6.81. The van der Waals surface area contributed by atoms with E-state index in [-0.39, 0.29) is 17.8 Å². The smallest absolute Gasteiger partial charge is 0.338 e. The summed E-state index contributed by atoms with van der Waals surface area (Å²) in [5.74, 6) is -0.376. The van der Waals surface area contributed by atoms with E-state index in [9.17, 15) is 9.59 Å². The third-order valence-electron chi connectivity index (χ3n) is 3.00. The Morgan fingerprint density at radius 3 is 2.47 bits per heavy atom. The van der Waals surface area contributed by atoms with Gasteiger partial charge in [0.15, 0.2) is 0 Å². The summed E-state index contributed by atoms with van der Waals surface area (Å²) >= 11 is 0. The van der Waals surface area contributed by atoms with Crippen molar-refractivity contribution in [3.63, 3.8) is 0 Å². The number of nitrogens with one attached hydrogen (secondary N) is 1. The van der Waals surface area contributed by atoms with Crippen molar-refractivity contribution in [1.29, 1.82) is 0 Å². The Morgan fingerprint density at radius 2 is 1.89 bits per heavy atom. The molecule has 0 aliphatic rings. The molecular weight excluding hydrogens is 242 g/mol. The van der Waals surface area contributed by atoms with Crippen LogP contribution < -0.4 is 5.32 Å². The second-order valence-electron chi connectivity index (χ2n) is 4.30. The quantitative estimate of drug-likeness (QED) is 0.802. The van der Waals surface area contributed by atoms with Gasteiger partial charge in [0.1, 0.15) is 0 Å². The Hall–Kier alpha value is -1.84. The topological polar surface area (TPSA) is 55.4 Å². The normalized spacial score (nSPS) is 10.3. The fourth-order valence-corrected chi connectivity index (χ4v) is 1.84. The fraction of sp³-hybridized carbons (Fsp3) is 0.467. The highest BCUT2D eigenvalue weighted by Gasteiger charge is 2.15. The van der Waals surface area contributed by atoms with Gasteiger partial charge in [-0.2, -0.15) is 0 Å². The van der Waals surface area contributed by atoms with Crippen molar-refractivity contribution in [3.8, 4) is 0 Å². The minimum Gasteiger partial charge on any atom is -0.462 e.